The number of anilines is 2. The van der Waals surface area contributed by atoms with Crippen LogP contribution in [0.2, 0.25) is 0 Å². The summed E-state index contributed by atoms with van der Waals surface area (Å²) in [6.45, 7) is 3.96. The number of rotatable bonds is 5. The molecule has 3 amide bonds. The van der Waals surface area contributed by atoms with E-state index >= 15 is 0 Å². The highest BCUT2D eigenvalue weighted by Crippen LogP contribution is 2.45. The van der Waals surface area contributed by atoms with E-state index in [0.29, 0.717) is 21.4 Å². The van der Waals surface area contributed by atoms with E-state index < -0.39 is 11.6 Å². The average Bonchev–Trinajstić information content (AvgIpc) is 3.27. The fourth-order valence-corrected chi connectivity index (χ4v) is 4.80. The number of benzene rings is 1. The minimum absolute atomic E-state index is 0.170. The molecule has 1 saturated heterocycles. The molecule has 0 spiro atoms. The second-order valence-corrected chi connectivity index (χ2v) is 8.28. The molecule has 2 aliphatic heterocycles. The van der Waals surface area contributed by atoms with Gasteiger partial charge in [-0.25, -0.2) is 0 Å². The summed E-state index contributed by atoms with van der Waals surface area (Å²) in [4.78, 5) is 42.7. The number of nitrogens with zero attached hydrogens (tertiary/aromatic N) is 4. The molecule has 10 heteroatoms. The molecule has 3 heterocycles. The van der Waals surface area contributed by atoms with Crippen LogP contribution in [0, 0.1) is 0 Å². The number of ether oxygens (including phenoxy) is 1. The molecule has 1 fully saturated rings. The molecule has 9 nitrogen and oxygen atoms in total. The summed E-state index contributed by atoms with van der Waals surface area (Å²) >= 11 is 1.19. The van der Waals surface area contributed by atoms with Crippen LogP contribution in [0.25, 0.3) is 0 Å². The van der Waals surface area contributed by atoms with E-state index in [-0.39, 0.29) is 37.3 Å². The van der Waals surface area contributed by atoms with Gasteiger partial charge in [-0.05, 0) is 26.0 Å². The van der Waals surface area contributed by atoms with E-state index in [9.17, 15) is 14.4 Å². The fourth-order valence-electron chi connectivity index (χ4n) is 4.09. The van der Waals surface area contributed by atoms with Crippen molar-refractivity contribution in [2.45, 2.75) is 45.0 Å². The summed E-state index contributed by atoms with van der Waals surface area (Å²) in [6, 6.07) is 6.60. The smallest absolute Gasteiger partial charge is 0.273 e. The van der Waals surface area contributed by atoms with E-state index in [1.807, 2.05) is 13.8 Å². The lowest BCUT2D eigenvalue weighted by Crippen LogP contribution is -2.70. The maximum atomic E-state index is 13.6. The predicted octanol–water partition coefficient (Wildman–Crippen LogP) is 2.01. The number of hydrogen-bond acceptors (Lipinski definition) is 7. The molecule has 1 aromatic heterocycles. The number of nitrogens with one attached hydrogen (secondary N) is 1. The summed E-state index contributed by atoms with van der Waals surface area (Å²) in [7, 11) is 1.55. The van der Waals surface area contributed by atoms with E-state index in [1.54, 1.807) is 31.4 Å². The Labute approximate surface area is 171 Å². The summed E-state index contributed by atoms with van der Waals surface area (Å²) in [5.74, 6) is -0.933. The van der Waals surface area contributed by atoms with Gasteiger partial charge in [-0.2, -0.15) is 0 Å². The van der Waals surface area contributed by atoms with Crippen LogP contribution < -0.4 is 10.2 Å². The summed E-state index contributed by atoms with van der Waals surface area (Å²) in [6.07, 6.45) is 0.378. The van der Waals surface area contributed by atoms with Crippen molar-refractivity contribution in [2.75, 3.05) is 17.3 Å². The van der Waals surface area contributed by atoms with Gasteiger partial charge in [0.25, 0.3) is 11.8 Å². The number of carbonyl (C=O) groups is 3. The lowest BCUT2D eigenvalue weighted by molar-refractivity contribution is -0.129. The largest absolute Gasteiger partial charge is 0.377 e. The predicted molar refractivity (Wildman–Crippen MR) is 106 cm³/mol. The van der Waals surface area contributed by atoms with Crippen molar-refractivity contribution in [2.24, 2.45) is 0 Å². The molecule has 1 N–H and O–H groups in total. The molecule has 29 heavy (non-hydrogen) atoms. The first-order chi connectivity index (χ1) is 13.9. The highest BCUT2D eigenvalue weighted by Gasteiger charge is 2.61. The van der Waals surface area contributed by atoms with Crippen molar-refractivity contribution in [3.8, 4) is 0 Å². The highest BCUT2D eigenvalue weighted by atomic mass is 32.1. The Kier molecular flexibility index (Phi) is 4.83. The second-order valence-electron chi connectivity index (χ2n) is 7.22. The number of amides is 3. The molecule has 0 saturated carbocycles. The van der Waals surface area contributed by atoms with Crippen molar-refractivity contribution in [3.05, 3.63) is 34.8 Å². The first kappa shape index (κ1) is 19.5. The van der Waals surface area contributed by atoms with Gasteiger partial charge >= 0.3 is 0 Å². The monoisotopic (exact) mass is 415 g/mol. The Balaban J connectivity index is 1.80. The first-order valence-corrected chi connectivity index (χ1v) is 10.1. The van der Waals surface area contributed by atoms with Crippen LogP contribution in [0.15, 0.2) is 24.3 Å². The van der Waals surface area contributed by atoms with Gasteiger partial charge in [0.15, 0.2) is 0 Å². The third-order valence-corrected chi connectivity index (χ3v) is 5.95. The molecular weight excluding hydrogens is 394 g/mol. The number of fused-ring (bicyclic) bond motifs is 3. The zero-order chi connectivity index (χ0) is 20.8. The molecular formula is C19H21N5O4S. The van der Waals surface area contributed by atoms with E-state index in [2.05, 4.69) is 15.5 Å². The lowest BCUT2D eigenvalue weighted by Gasteiger charge is -2.50. The molecule has 1 unspecified atom stereocenters. The van der Waals surface area contributed by atoms with Gasteiger partial charge in [0.05, 0.1) is 11.3 Å². The fraction of sp³-hybridized carbons (Fsp3) is 0.421. The van der Waals surface area contributed by atoms with Crippen molar-refractivity contribution >= 4 is 39.9 Å². The highest BCUT2D eigenvalue weighted by molar-refractivity contribution is 7.15. The van der Waals surface area contributed by atoms with E-state index in [4.69, 9.17) is 4.74 Å². The summed E-state index contributed by atoms with van der Waals surface area (Å²) < 4.78 is 5.04. The average molecular weight is 415 g/mol. The zero-order valence-electron chi connectivity index (χ0n) is 16.3. The molecule has 0 aliphatic carbocycles. The minimum Gasteiger partial charge on any atom is -0.377 e. The Hall–Kier alpha value is -2.85. The van der Waals surface area contributed by atoms with Crippen LogP contribution in [-0.2, 0) is 20.9 Å². The van der Waals surface area contributed by atoms with Crippen LogP contribution in [0.4, 0.5) is 10.8 Å². The molecule has 1 atom stereocenters. The molecule has 2 aromatic rings. The molecule has 0 radical (unpaired) electrons. The third kappa shape index (κ3) is 2.90. The van der Waals surface area contributed by atoms with Crippen LogP contribution in [0.3, 0.4) is 0 Å². The lowest BCUT2D eigenvalue weighted by atomic mass is 9.94. The Morgan fingerprint density at radius 1 is 1.31 bits per heavy atom. The standard InChI is InChI=1S/C19H21N5O4S/c1-11(2)23-16(26)12-6-4-5-7-13(12)24-15(25)8-9-19(23,24)17(27)20-18-22-21-14(29-18)10-28-3/h4-7,11H,8-10H2,1-3H3,(H,20,22,27). The molecule has 1 aromatic carbocycles. The maximum Gasteiger partial charge on any atom is 0.273 e. The van der Waals surface area contributed by atoms with Gasteiger partial charge in [-0.15, -0.1) is 10.2 Å². The SMILES string of the molecule is COCc1nnc(NC(=O)C23CCC(=O)N2c2ccccc2C(=O)N3C(C)C)s1. The number of aromatic nitrogens is 2. The number of carbonyl (C=O) groups excluding carboxylic acids is 3. The topological polar surface area (TPSA) is 105 Å². The zero-order valence-corrected chi connectivity index (χ0v) is 17.2. The van der Waals surface area contributed by atoms with Gasteiger partial charge in [-0.3, -0.25) is 24.6 Å². The maximum absolute atomic E-state index is 13.6. The Morgan fingerprint density at radius 2 is 2.07 bits per heavy atom. The van der Waals surface area contributed by atoms with Gasteiger partial charge in [0.1, 0.15) is 11.6 Å². The van der Waals surface area contributed by atoms with E-state index in [1.165, 1.54) is 21.1 Å². The molecule has 0 bridgehead atoms. The molecule has 2 aliphatic rings. The normalized spacial score (nSPS) is 20.8. The van der Waals surface area contributed by atoms with Crippen LogP contribution >= 0.6 is 11.3 Å². The Morgan fingerprint density at radius 3 is 2.79 bits per heavy atom. The second kappa shape index (κ2) is 7.20. The molecule has 4 rings (SSSR count). The van der Waals surface area contributed by atoms with Crippen molar-refractivity contribution in [3.63, 3.8) is 0 Å². The van der Waals surface area contributed by atoms with Crippen LogP contribution in [0.1, 0.15) is 42.1 Å². The van der Waals surface area contributed by atoms with Gasteiger partial charge in [0, 0.05) is 26.0 Å². The van der Waals surface area contributed by atoms with E-state index in [0.717, 1.165) is 0 Å². The number of hydrogen-bond donors (Lipinski definition) is 1. The van der Waals surface area contributed by atoms with Crippen molar-refractivity contribution < 1.29 is 19.1 Å². The Bertz CT molecular complexity index is 990. The van der Waals surface area contributed by atoms with Crippen LogP contribution in [-0.4, -0.2) is 51.6 Å². The first-order valence-electron chi connectivity index (χ1n) is 9.28. The third-order valence-electron chi connectivity index (χ3n) is 5.13. The van der Waals surface area contributed by atoms with Crippen molar-refractivity contribution in [1.29, 1.82) is 0 Å². The van der Waals surface area contributed by atoms with Gasteiger partial charge in [-0.1, -0.05) is 23.5 Å². The van der Waals surface area contributed by atoms with Gasteiger partial charge < -0.3 is 9.64 Å². The minimum atomic E-state index is -1.44. The van der Waals surface area contributed by atoms with Crippen LogP contribution in [0.5, 0.6) is 0 Å². The number of para-hydroxylation sites is 1. The van der Waals surface area contributed by atoms with Crippen molar-refractivity contribution in [1.82, 2.24) is 15.1 Å². The summed E-state index contributed by atoms with van der Waals surface area (Å²) in [5.41, 5.74) is -0.563. The molecule has 152 valence electrons. The number of methoxy groups -OCH3 is 1. The quantitative estimate of drug-likeness (QED) is 0.801. The van der Waals surface area contributed by atoms with Gasteiger partial charge in [0.2, 0.25) is 16.7 Å². The summed E-state index contributed by atoms with van der Waals surface area (Å²) in [5, 5.41) is 11.6.